The maximum Gasteiger partial charge on any atom is 0.183 e. The summed E-state index contributed by atoms with van der Waals surface area (Å²) >= 11 is 0. The van der Waals surface area contributed by atoms with Crippen molar-refractivity contribution >= 4 is 17.0 Å². The van der Waals surface area contributed by atoms with Gasteiger partial charge in [0.25, 0.3) is 0 Å². The van der Waals surface area contributed by atoms with Crippen molar-refractivity contribution in [1.29, 1.82) is 0 Å². The first kappa shape index (κ1) is 12.6. The lowest BCUT2D eigenvalue weighted by Gasteiger charge is -2.07. The van der Waals surface area contributed by atoms with Crippen molar-refractivity contribution in [2.24, 2.45) is 5.73 Å². The molecule has 0 fully saturated rings. The highest BCUT2D eigenvalue weighted by atomic mass is 15.1. The first-order valence-corrected chi connectivity index (χ1v) is 6.54. The van der Waals surface area contributed by atoms with E-state index in [9.17, 15) is 0 Å². The molecule has 6 nitrogen and oxygen atoms in total. The summed E-state index contributed by atoms with van der Waals surface area (Å²) in [7, 11) is 0. The van der Waals surface area contributed by atoms with E-state index in [-0.39, 0.29) is 0 Å². The molecule has 0 bridgehead atoms. The van der Waals surface area contributed by atoms with Crippen LogP contribution in [0.15, 0.2) is 36.7 Å². The van der Waals surface area contributed by atoms with Crippen LogP contribution in [0.5, 0.6) is 0 Å². The maximum absolute atomic E-state index is 5.61. The van der Waals surface area contributed by atoms with E-state index in [0.717, 1.165) is 24.3 Å². The molecule has 2 heterocycles. The molecule has 0 aliphatic carbocycles. The Labute approximate surface area is 116 Å². The molecule has 20 heavy (non-hydrogen) atoms. The lowest BCUT2D eigenvalue weighted by Crippen LogP contribution is -2.10. The van der Waals surface area contributed by atoms with Crippen molar-refractivity contribution in [3.8, 4) is 0 Å². The molecule has 0 radical (unpaired) electrons. The number of nitrogens with zero attached hydrogens (tertiary/aromatic N) is 3. The average Bonchev–Trinajstić information content (AvgIpc) is 2.96. The molecule has 0 unspecified atom stereocenters. The summed E-state index contributed by atoms with van der Waals surface area (Å²) in [5, 5.41) is 3.32. The maximum atomic E-state index is 5.61. The number of nitrogens with one attached hydrogen (secondary N) is 2. The van der Waals surface area contributed by atoms with E-state index in [0.29, 0.717) is 18.0 Å². The fourth-order valence-corrected chi connectivity index (χ4v) is 2.07. The molecule has 0 amide bonds. The number of imidazole rings is 1. The standard InChI is InChI=1S/C14H16N6/c15-8-11-19-13(12-14(20-11)18-9-17-12)16-7-6-10-4-2-1-3-5-10/h1-5,9H,6-8,15H2,(H2,16,17,18,19,20). The highest BCUT2D eigenvalue weighted by Gasteiger charge is 2.08. The van der Waals surface area contributed by atoms with E-state index in [4.69, 9.17) is 5.73 Å². The molecule has 0 saturated carbocycles. The Morgan fingerprint density at radius 1 is 1.15 bits per heavy atom. The van der Waals surface area contributed by atoms with Gasteiger partial charge in [0, 0.05) is 6.54 Å². The monoisotopic (exact) mass is 268 g/mol. The van der Waals surface area contributed by atoms with Crippen molar-refractivity contribution < 1.29 is 0 Å². The minimum Gasteiger partial charge on any atom is -0.368 e. The number of nitrogens with two attached hydrogens (primary N) is 1. The van der Waals surface area contributed by atoms with Crippen molar-refractivity contribution in [2.75, 3.05) is 11.9 Å². The Kier molecular flexibility index (Phi) is 3.56. The third-order valence-corrected chi connectivity index (χ3v) is 3.06. The molecule has 6 heteroatoms. The van der Waals surface area contributed by atoms with Gasteiger partial charge in [0.05, 0.1) is 12.9 Å². The average molecular weight is 268 g/mol. The molecule has 0 saturated heterocycles. The van der Waals surface area contributed by atoms with Gasteiger partial charge in [0.15, 0.2) is 11.5 Å². The summed E-state index contributed by atoms with van der Waals surface area (Å²) in [6.07, 6.45) is 2.54. The zero-order chi connectivity index (χ0) is 13.8. The predicted octanol–water partition coefficient (Wildman–Crippen LogP) is 1.47. The molecule has 1 aromatic carbocycles. The molecular weight excluding hydrogens is 252 g/mol. The van der Waals surface area contributed by atoms with Crippen molar-refractivity contribution in [3.63, 3.8) is 0 Å². The van der Waals surface area contributed by atoms with E-state index < -0.39 is 0 Å². The number of hydrogen-bond donors (Lipinski definition) is 3. The van der Waals surface area contributed by atoms with Crippen LogP contribution in [0.3, 0.4) is 0 Å². The van der Waals surface area contributed by atoms with Gasteiger partial charge in [-0.1, -0.05) is 30.3 Å². The molecule has 0 spiro atoms. The van der Waals surface area contributed by atoms with E-state index in [2.05, 4.69) is 37.4 Å². The molecular formula is C14H16N6. The summed E-state index contributed by atoms with van der Waals surface area (Å²) in [5.41, 5.74) is 8.35. The van der Waals surface area contributed by atoms with Gasteiger partial charge in [-0.2, -0.15) is 0 Å². The molecule has 0 aliphatic rings. The predicted molar refractivity (Wildman–Crippen MR) is 78.2 cm³/mol. The normalized spacial score (nSPS) is 10.8. The van der Waals surface area contributed by atoms with Crippen LogP contribution in [-0.2, 0) is 13.0 Å². The largest absolute Gasteiger partial charge is 0.368 e. The number of H-pyrrole nitrogens is 1. The quantitative estimate of drug-likeness (QED) is 0.651. The SMILES string of the molecule is NCc1nc(NCCc2ccccc2)c2[nH]cnc2n1. The highest BCUT2D eigenvalue weighted by Crippen LogP contribution is 2.16. The van der Waals surface area contributed by atoms with Crippen molar-refractivity contribution in [3.05, 3.63) is 48.0 Å². The summed E-state index contributed by atoms with van der Waals surface area (Å²) in [4.78, 5) is 15.9. The Hall–Kier alpha value is -2.47. The molecule has 3 aromatic rings. The van der Waals surface area contributed by atoms with Crippen LogP contribution in [0.1, 0.15) is 11.4 Å². The Bertz CT molecular complexity index is 691. The van der Waals surface area contributed by atoms with Gasteiger partial charge in [-0.15, -0.1) is 0 Å². The minimum absolute atomic E-state index is 0.302. The lowest BCUT2D eigenvalue weighted by atomic mass is 10.1. The molecule has 102 valence electrons. The Morgan fingerprint density at radius 2 is 2.00 bits per heavy atom. The summed E-state index contributed by atoms with van der Waals surface area (Å²) < 4.78 is 0. The summed E-state index contributed by atoms with van der Waals surface area (Å²) in [6.45, 7) is 1.09. The number of anilines is 1. The van der Waals surface area contributed by atoms with Crippen LogP contribution in [0.4, 0.5) is 5.82 Å². The van der Waals surface area contributed by atoms with Gasteiger partial charge in [-0.25, -0.2) is 15.0 Å². The number of hydrogen-bond acceptors (Lipinski definition) is 5. The molecule has 3 rings (SSSR count). The van der Waals surface area contributed by atoms with E-state index in [1.54, 1.807) is 6.33 Å². The van der Waals surface area contributed by atoms with Gasteiger partial charge in [-0.05, 0) is 12.0 Å². The summed E-state index contributed by atoms with van der Waals surface area (Å²) in [5.74, 6) is 1.34. The number of aromatic amines is 1. The van der Waals surface area contributed by atoms with Gasteiger partial charge in [-0.3, -0.25) is 0 Å². The molecule has 2 aromatic heterocycles. The lowest BCUT2D eigenvalue weighted by molar-refractivity contribution is 0.914. The van der Waals surface area contributed by atoms with Gasteiger partial charge >= 0.3 is 0 Å². The summed E-state index contributed by atoms with van der Waals surface area (Å²) in [6, 6.07) is 10.3. The second kappa shape index (κ2) is 5.66. The van der Waals surface area contributed by atoms with Gasteiger partial charge in [0.2, 0.25) is 0 Å². The van der Waals surface area contributed by atoms with Crippen LogP contribution in [-0.4, -0.2) is 26.5 Å². The third-order valence-electron chi connectivity index (χ3n) is 3.06. The van der Waals surface area contributed by atoms with E-state index >= 15 is 0 Å². The third kappa shape index (κ3) is 2.60. The van der Waals surface area contributed by atoms with Crippen LogP contribution in [0.2, 0.25) is 0 Å². The van der Waals surface area contributed by atoms with Gasteiger partial charge in [0.1, 0.15) is 11.3 Å². The highest BCUT2D eigenvalue weighted by molar-refractivity contribution is 5.82. The molecule has 4 N–H and O–H groups in total. The zero-order valence-electron chi connectivity index (χ0n) is 11.0. The van der Waals surface area contributed by atoms with Crippen molar-refractivity contribution in [2.45, 2.75) is 13.0 Å². The first-order chi connectivity index (χ1) is 9.86. The number of rotatable bonds is 5. The van der Waals surface area contributed by atoms with Gasteiger partial charge < -0.3 is 16.0 Å². The smallest absolute Gasteiger partial charge is 0.183 e. The van der Waals surface area contributed by atoms with E-state index in [1.807, 2.05) is 18.2 Å². The van der Waals surface area contributed by atoms with Crippen LogP contribution >= 0.6 is 0 Å². The Balaban J connectivity index is 1.75. The topological polar surface area (TPSA) is 92.5 Å². The second-order valence-electron chi connectivity index (χ2n) is 4.46. The zero-order valence-corrected chi connectivity index (χ0v) is 11.0. The number of fused-ring (bicyclic) bond motifs is 1. The Morgan fingerprint density at radius 3 is 2.80 bits per heavy atom. The fourth-order valence-electron chi connectivity index (χ4n) is 2.07. The number of aromatic nitrogens is 4. The second-order valence-corrected chi connectivity index (χ2v) is 4.46. The molecule has 0 atom stereocenters. The van der Waals surface area contributed by atoms with Crippen LogP contribution in [0.25, 0.3) is 11.2 Å². The van der Waals surface area contributed by atoms with Crippen molar-refractivity contribution in [1.82, 2.24) is 19.9 Å². The first-order valence-electron chi connectivity index (χ1n) is 6.54. The molecule has 0 aliphatic heterocycles. The minimum atomic E-state index is 0.302. The number of benzene rings is 1. The fraction of sp³-hybridized carbons (Fsp3) is 0.214. The van der Waals surface area contributed by atoms with Crippen LogP contribution < -0.4 is 11.1 Å². The van der Waals surface area contributed by atoms with Crippen LogP contribution in [0, 0.1) is 0 Å². The van der Waals surface area contributed by atoms with E-state index in [1.165, 1.54) is 5.56 Å².